The van der Waals surface area contributed by atoms with E-state index in [2.05, 4.69) is 31.7 Å². The lowest BCUT2D eigenvalue weighted by atomic mass is 9.95. The number of hydrogen-bond donors (Lipinski definition) is 0. The molecule has 1 spiro atoms. The quantitative estimate of drug-likeness (QED) is 0.654. The Labute approximate surface area is 181 Å². The predicted octanol–water partition coefficient (Wildman–Crippen LogP) is 4.37. The van der Waals surface area contributed by atoms with Gasteiger partial charge in [-0.1, -0.05) is 25.3 Å². The molecule has 0 N–H and O–H groups in total. The van der Waals surface area contributed by atoms with Crippen molar-refractivity contribution in [2.24, 2.45) is 0 Å². The molecule has 1 saturated carbocycles. The third kappa shape index (κ3) is 4.23. The molecule has 158 valence electrons. The molecule has 0 amide bonds. The summed E-state index contributed by atoms with van der Waals surface area (Å²) in [6.07, 6.45) is 9.09. The first-order valence-corrected chi connectivity index (χ1v) is 12.2. The van der Waals surface area contributed by atoms with Crippen LogP contribution in [0.1, 0.15) is 61.7 Å². The molecule has 5 rings (SSSR count). The fourth-order valence-corrected chi connectivity index (χ4v) is 6.02. The Morgan fingerprint density at radius 3 is 2.59 bits per heavy atom. The van der Waals surface area contributed by atoms with Gasteiger partial charge in [0.1, 0.15) is 5.82 Å². The summed E-state index contributed by atoms with van der Waals surface area (Å²) in [5, 5.41) is 7.16. The van der Waals surface area contributed by atoms with Gasteiger partial charge in [0.25, 0.3) is 0 Å². The molecule has 0 radical (unpaired) electrons. The summed E-state index contributed by atoms with van der Waals surface area (Å²) < 4.78 is 17.1. The fourth-order valence-electron chi connectivity index (χ4n) is 4.96. The molecule has 2 saturated heterocycles. The molecular formula is C21H30N4O2S2. The van der Waals surface area contributed by atoms with Crippen LogP contribution in [0.25, 0.3) is 0 Å². The van der Waals surface area contributed by atoms with E-state index in [1.54, 1.807) is 11.3 Å². The molecule has 0 atom stereocenters. The highest BCUT2D eigenvalue weighted by molar-refractivity contribution is 7.71. The van der Waals surface area contributed by atoms with Crippen LogP contribution in [0.2, 0.25) is 0 Å². The Hall–Kier alpha value is -1.06. The van der Waals surface area contributed by atoms with Gasteiger partial charge in [-0.2, -0.15) is 5.10 Å². The molecule has 1 aliphatic carbocycles. The lowest BCUT2D eigenvalue weighted by Crippen LogP contribution is -2.45. The maximum absolute atomic E-state index is 5.95. The van der Waals surface area contributed by atoms with Gasteiger partial charge in [0.05, 0.1) is 19.9 Å². The molecule has 4 heterocycles. The number of likely N-dealkylation sites (tertiary alicyclic amines) is 1. The third-order valence-corrected chi connectivity index (χ3v) is 7.84. The van der Waals surface area contributed by atoms with Crippen molar-refractivity contribution in [2.75, 3.05) is 26.3 Å². The van der Waals surface area contributed by atoms with Gasteiger partial charge in [0.15, 0.2) is 10.6 Å². The minimum atomic E-state index is -0.330. The molecule has 3 fully saturated rings. The van der Waals surface area contributed by atoms with Gasteiger partial charge in [-0.3, -0.25) is 4.90 Å². The van der Waals surface area contributed by atoms with Gasteiger partial charge in [0, 0.05) is 43.3 Å². The van der Waals surface area contributed by atoms with Crippen molar-refractivity contribution in [3.63, 3.8) is 0 Å². The normalized spacial score (nSPS) is 23.2. The minimum absolute atomic E-state index is 0.330. The van der Waals surface area contributed by atoms with Gasteiger partial charge in [-0.15, -0.1) is 11.3 Å². The summed E-state index contributed by atoms with van der Waals surface area (Å²) >= 11 is 7.75. The molecule has 2 aromatic rings. The zero-order valence-electron chi connectivity index (χ0n) is 16.9. The highest BCUT2D eigenvalue weighted by Gasteiger charge is 2.39. The van der Waals surface area contributed by atoms with Crippen LogP contribution in [0, 0.1) is 4.77 Å². The zero-order chi connectivity index (χ0) is 19.7. The largest absolute Gasteiger partial charge is 0.347 e. The van der Waals surface area contributed by atoms with Crippen molar-refractivity contribution in [1.82, 2.24) is 19.2 Å². The Kier molecular flexibility index (Phi) is 5.89. The Morgan fingerprint density at radius 1 is 1.14 bits per heavy atom. The zero-order valence-corrected chi connectivity index (χ0v) is 18.6. The maximum Gasteiger partial charge on any atom is 0.199 e. The van der Waals surface area contributed by atoms with Crippen molar-refractivity contribution in [3.8, 4) is 0 Å². The van der Waals surface area contributed by atoms with Crippen LogP contribution in [0.5, 0.6) is 0 Å². The van der Waals surface area contributed by atoms with Crippen LogP contribution in [-0.4, -0.2) is 51.3 Å². The van der Waals surface area contributed by atoms with Crippen LogP contribution < -0.4 is 0 Å². The van der Waals surface area contributed by atoms with Crippen molar-refractivity contribution in [3.05, 3.63) is 33.0 Å². The van der Waals surface area contributed by atoms with Gasteiger partial charge in [0.2, 0.25) is 0 Å². The molecule has 2 aliphatic heterocycles. The Morgan fingerprint density at radius 2 is 1.90 bits per heavy atom. The molecule has 3 aliphatic rings. The first-order valence-electron chi connectivity index (χ1n) is 10.9. The second kappa shape index (κ2) is 8.59. The van der Waals surface area contributed by atoms with E-state index >= 15 is 0 Å². The summed E-state index contributed by atoms with van der Waals surface area (Å²) in [6, 6.07) is 4.82. The van der Waals surface area contributed by atoms with E-state index < -0.39 is 0 Å². The van der Waals surface area contributed by atoms with Crippen LogP contribution in [0.3, 0.4) is 0 Å². The summed E-state index contributed by atoms with van der Waals surface area (Å²) in [5.41, 5.74) is 0. The number of aromatic nitrogens is 3. The predicted molar refractivity (Wildman–Crippen MR) is 116 cm³/mol. The van der Waals surface area contributed by atoms with E-state index in [1.807, 2.05) is 0 Å². The highest BCUT2D eigenvalue weighted by Crippen LogP contribution is 2.32. The molecule has 6 nitrogen and oxygen atoms in total. The SMILES string of the molecule is S=c1n(CN2CCC3(CC2)OCCO3)nc(Cc2cccs2)n1C1CCCCC1. The molecule has 2 aromatic heterocycles. The fraction of sp³-hybridized carbons (Fsp3) is 0.714. The van der Waals surface area contributed by atoms with E-state index in [-0.39, 0.29) is 5.79 Å². The molecule has 29 heavy (non-hydrogen) atoms. The van der Waals surface area contributed by atoms with E-state index in [0.29, 0.717) is 6.04 Å². The Bertz CT molecular complexity index is 854. The van der Waals surface area contributed by atoms with Crippen molar-refractivity contribution in [1.29, 1.82) is 0 Å². The summed E-state index contributed by atoms with van der Waals surface area (Å²) in [7, 11) is 0. The van der Waals surface area contributed by atoms with Crippen LogP contribution in [0.15, 0.2) is 17.5 Å². The highest BCUT2D eigenvalue weighted by atomic mass is 32.1. The molecular weight excluding hydrogens is 404 g/mol. The summed E-state index contributed by atoms with van der Waals surface area (Å²) in [5.74, 6) is 0.796. The second-order valence-electron chi connectivity index (χ2n) is 8.48. The van der Waals surface area contributed by atoms with Crippen molar-refractivity contribution < 1.29 is 9.47 Å². The molecule has 0 unspecified atom stereocenters. The van der Waals surface area contributed by atoms with Gasteiger partial charge < -0.3 is 14.0 Å². The average molecular weight is 435 g/mol. The lowest BCUT2D eigenvalue weighted by molar-refractivity contribution is -0.187. The first-order chi connectivity index (χ1) is 14.2. The van der Waals surface area contributed by atoms with E-state index in [9.17, 15) is 0 Å². The third-order valence-electron chi connectivity index (χ3n) is 6.56. The van der Waals surface area contributed by atoms with E-state index in [1.165, 1.54) is 37.0 Å². The van der Waals surface area contributed by atoms with Crippen LogP contribution in [-0.2, 0) is 22.6 Å². The van der Waals surface area contributed by atoms with Crippen LogP contribution in [0.4, 0.5) is 0 Å². The molecule has 8 heteroatoms. The number of rotatable bonds is 5. The maximum atomic E-state index is 5.95. The number of thiophene rings is 1. The molecule has 0 aromatic carbocycles. The molecule has 0 bridgehead atoms. The van der Waals surface area contributed by atoms with Crippen molar-refractivity contribution in [2.45, 2.75) is 69.9 Å². The lowest BCUT2D eigenvalue weighted by Gasteiger charge is -2.37. The number of piperidine rings is 1. The number of nitrogens with zero attached hydrogens (tertiary/aromatic N) is 4. The van der Waals surface area contributed by atoms with E-state index in [0.717, 1.165) is 62.8 Å². The van der Waals surface area contributed by atoms with E-state index in [4.69, 9.17) is 26.8 Å². The second-order valence-corrected chi connectivity index (χ2v) is 9.88. The van der Waals surface area contributed by atoms with Crippen molar-refractivity contribution >= 4 is 23.6 Å². The average Bonchev–Trinajstić information content (AvgIpc) is 3.48. The van der Waals surface area contributed by atoms with Crippen LogP contribution >= 0.6 is 23.6 Å². The minimum Gasteiger partial charge on any atom is -0.347 e. The summed E-state index contributed by atoms with van der Waals surface area (Å²) in [6.45, 7) is 4.12. The first kappa shape index (κ1) is 19.9. The monoisotopic (exact) mass is 434 g/mol. The Balaban J connectivity index is 1.35. The standard InChI is InChI=1S/C21H30N4O2S2/c28-20-24(16-23-10-8-21(9-11-23)26-12-13-27-21)22-19(15-18-7-4-14-29-18)25(20)17-5-2-1-3-6-17/h4,7,14,17H,1-3,5-6,8-13,15-16H2. The van der Waals surface area contributed by atoms with Gasteiger partial charge >= 0.3 is 0 Å². The summed E-state index contributed by atoms with van der Waals surface area (Å²) in [4.78, 5) is 3.78. The van der Waals surface area contributed by atoms with Gasteiger partial charge in [-0.05, 0) is 36.5 Å². The topological polar surface area (TPSA) is 44.4 Å². The number of hydrogen-bond acceptors (Lipinski definition) is 6. The number of ether oxygens (including phenoxy) is 2. The smallest absolute Gasteiger partial charge is 0.199 e. The van der Waals surface area contributed by atoms with Gasteiger partial charge in [-0.25, -0.2) is 4.68 Å².